The lowest BCUT2D eigenvalue weighted by Gasteiger charge is -2.11. The number of anilines is 4. The van der Waals surface area contributed by atoms with Gasteiger partial charge in [-0.05, 0) is 53.6 Å². The molecule has 1 aromatic heterocycles. The van der Waals surface area contributed by atoms with Gasteiger partial charge in [0.05, 0.1) is 5.52 Å². The zero-order valence-electron chi connectivity index (χ0n) is 14.7. The second-order valence-corrected chi connectivity index (χ2v) is 7.04. The lowest BCUT2D eigenvalue weighted by molar-refractivity contribution is 1.23. The molecule has 0 aliphatic carbocycles. The maximum Gasteiger partial charge on any atom is 0.222 e. The number of rotatable bonds is 4. The van der Waals surface area contributed by atoms with Crippen molar-refractivity contribution in [2.45, 2.75) is 0 Å². The number of nitrogen functional groups attached to an aromatic ring is 1. The van der Waals surface area contributed by atoms with Crippen LogP contribution < -0.4 is 16.4 Å². The average molecular weight is 420 g/mol. The van der Waals surface area contributed by atoms with E-state index < -0.39 is 0 Å². The molecule has 1 heterocycles. The van der Waals surface area contributed by atoms with Crippen LogP contribution in [0, 0.1) is 0 Å². The highest BCUT2D eigenvalue weighted by Crippen LogP contribution is 2.30. The lowest BCUT2D eigenvalue weighted by atomic mass is 10.0. The normalized spacial score (nSPS) is 10.7. The molecule has 0 spiro atoms. The van der Waals surface area contributed by atoms with E-state index in [1.54, 1.807) is 0 Å². The molecule has 6 heteroatoms. The van der Waals surface area contributed by atoms with Gasteiger partial charge in [0, 0.05) is 28.3 Å². The molecule has 0 atom stereocenters. The summed E-state index contributed by atoms with van der Waals surface area (Å²) in [6.07, 6.45) is 0. The summed E-state index contributed by atoms with van der Waals surface area (Å²) < 4.78 is 0.990. The van der Waals surface area contributed by atoms with Crippen molar-refractivity contribution in [1.82, 2.24) is 9.97 Å². The van der Waals surface area contributed by atoms with Crippen LogP contribution in [0.15, 0.2) is 71.2 Å². The van der Waals surface area contributed by atoms with Crippen molar-refractivity contribution < 1.29 is 0 Å². The number of nitrogens with one attached hydrogen (secondary N) is 2. The molecule has 0 aliphatic rings. The summed E-state index contributed by atoms with van der Waals surface area (Å²) in [6, 6.07) is 22.3. The van der Waals surface area contributed by atoms with Crippen molar-refractivity contribution in [1.29, 1.82) is 0 Å². The van der Waals surface area contributed by atoms with Crippen molar-refractivity contribution in [3.8, 4) is 11.1 Å². The Balaban J connectivity index is 1.80. The van der Waals surface area contributed by atoms with Crippen molar-refractivity contribution in [2.75, 3.05) is 23.4 Å². The third-order valence-electron chi connectivity index (χ3n) is 4.31. The molecule has 134 valence electrons. The highest BCUT2D eigenvalue weighted by atomic mass is 79.9. The molecule has 0 amide bonds. The Morgan fingerprint density at radius 2 is 1.63 bits per heavy atom. The van der Waals surface area contributed by atoms with Gasteiger partial charge in [0.15, 0.2) is 0 Å². The maximum atomic E-state index is 5.91. The number of nitrogens with zero attached hydrogens (tertiary/aromatic N) is 2. The summed E-state index contributed by atoms with van der Waals surface area (Å²) in [4.78, 5) is 8.78. The van der Waals surface area contributed by atoms with Gasteiger partial charge in [0.25, 0.3) is 0 Å². The first-order valence-corrected chi connectivity index (χ1v) is 9.30. The van der Waals surface area contributed by atoms with Crippen LogP contribution in [-0.2, 0) is 0 Å². The zero-order valence-corrected chi connectivity index (χ0v) is 16.3. The quantitative estimate of drug-likeness (QED) is 0.411. The Bertz CT molecular complexity index is 1110. The van der Waals surface area contributed by atoms with E-state index in [0.717, 1.165) is 37.9 Å². The number of hydrogen-bond acceptors (Lipinski definition) is 5. The maximum absolute atomic E-state index is 5.91. The van der Waals surface area contributed by atoms with E-state index in [0.29, 0.717) is 5.82 Å². The Hall–Kier alpha value is -3.12. The summed E-state index contributed by atoms with van der Waals surface area (Å²) in [6.45, 7) is 0. The van der Waals surface area contributed by atoms with Gasteiger partial charge in [-0.2, -0.15) is 4.98 Å². The fourth-order valence-corrected chi connectivity index (χ4v) is 3.35. The molecule has 5 nitrogen and oxygen atoms in total. The second kappa shape index (κ2) is 7.25. The van der Waals surface area contributed by atoms with Gasteiger partial charge < -0.3 is 16.4 Å². The Labute approximate surface area is 165 Å². The fraction of sp³-hybridized carbons (Fsp3) is 0.0476. The standard InChI is InChI=1S/C21H18BrN5/c1-24-16-8-5-13(6-9-16)14-7-10-19-18(11-14)20(27-21(23)26-19)25-17-4-2-3-15(22)12-17/h2-12,24H,1H3,(H3,23,25,26,27). The molecule has 0 saturated carbocycles. The number of halogens is 1. The first kappa shape index (κ1) is 17.3. The fourth-order valence-electron chi connectivity index (χ4n) is 2.95. The molecule has 4 rings (SSSR count). The number of benzene rings is 3. The van der Waals surface area contributed by atoms with Crippen molar-refractivity contribution >= 4 is 50.0 Å². The van der Waals surface area contributed by atoms with E-state index in [-0.39, 0.29) is 5.95 Å². The summed E-state index contributed by atoms with van der Waals surface area (Å²) in [7, 11) is 1.91. The van der Waals surface area contributed by atoms with Crippen LogP contribution >= 0.6 is 15.9 Å². The molecule has 0 fully saturated rings. The van der Waals surface area contributed by atoms with Gasteiger partial charge in [-0.1, -0.05) is 40.2 Å². The molecule has 4 N–H and O–H groups in total. The van der Waals surface area contributed by atoms with Crippen LogP contribution in [0.5, 0.6) is 0 Å². The van der Waals surface area contributed by atoms with Crippen LogP contribution in [0.4, 0.5) is 23.1 Å². The number of nitrogens with two attached hydrogens (primary N) is 1. The van der Waals surface area contributed by atoms with Crippen LogP contribution in [0.25, 0.3) is 22.0 Å². The van der Waals surface area contributed by atoms with Crippen molar-refractivity contribution in [3.05, 3.63) is 71.2 Å². The first-order chi connectivity index (χ1) is 13.1. The molecular formula is C21H18BrN5. The number of hydrogen-bond donors (Lipinski definition) is 3. The van der Waals surface area contributed by atoms with Crippen molar-refractivity contribution in [2.24, 2.45) is 0 Å². The van der Waals surface area contributed by atoms with E-state index in [4.69, 9.17) is 5.73 Å². The van der Waals surface area contributed by atoms with Gasteiger partial charge in [-0.15, -0.1) is 0 Å². The van der Waals surface area contributed by atoms with Crippen LogP contribution in [0.2, 0.25) is 0 Å². The monoisotopic (exact) mass is 419 g/mol. The molecule has 0 unspecified atom stereocenters. The Morgan fingerprint density at radius 1 is 0.852 bits per heavy atom. The topological polar surface area (TPSA) is 75.9 Å². The van der Waals surface area contributed by atoms with Gasteiger partial charge in [0.1, 0.15) is 5.82 Å². The molecule has 3 aromatic carbocycles. The second-order valence-electron chi connectivity index (χ2n) is 6.13. The smallest absolute Gasteiger partial charge is 0.222 e. The third kappa shape index (κ3) is 3.71. The average Bonchev–Trinajstić information content (AvgIpc) is 2.68. The zero-order chi connectivity index (χ0) is 18.8. The van der Waals surface area contributed by atoms with E-state index in [1.807, 2.05) is 43.4 Å². The van der Waals surface area contributed by atoms with Gasteiger partial charge >= 0.3 is 0 Å². The largest absolute Gasteiger partial charge is 0.388 e. The molecular weight excluding hydrogens is 402 g/mol. The Kier molecular flexibility index (Phi) is 4.64. The van der Waals surface area contributed by atoms with Crippen LogP contribution in [0.3, 0.4) is 0 Å². The third-order valence-corrected chi connectivity index (χ3v) is 4.80. The summed E-state index contributed by atoms with van der Waals surface area (Å²) in [5.74, 6) is 0.926. The van der Waals surface area contributed by atoms with Crippen LogP contribution in [0.1, 0.15) is 0 Å². The molecule has 0 bridgehead atoms. The SMILES string of the molecule is CNc1ccc(-c2ccc3nc(N)nc(Nc4cccc(Br)c4)c3c2)cc1. The molecule has 0 radical (unpaired) electrons. The minimum Gasteiger partial charge on any atom is -0.388 e. The molecule has 27 heavy (non-hydrogen) atoms. The summed E-state index contributed by atoms with van der Waals surface area (Å²) in [5.41, 5.74) is 10.9. The molecule has 0 saturated heterocycles. The number of aromatic nitrogens is 2. The Morgan fingerprint density at radius 3 is 2.37 bits per heavy atom. The van der Waals surface area contributed by atoms with Gasteiger partial charge in [-0.3, -0.25) is 0 Å². The molecule has 0 aliphatic heterocycles. The summed E-state index contributed by atoms with van der Waals surface area (Å²) in [5, 5.41) is 7.41. The van der Waals surface area contributed by atoms with E-state index in [2.05, 4.69) is 66.9 Å². The van der Waals surface area contributed by atoms with Crippen LogP contribution in [-0.4, -0.2) is 17.0 Å². The predicted molar refractivity (Wildman–Crippen MR) is 116 cm³/mol. The van der Waals surface area contributed by atoms with Gasteiger partial charge in [-0.25, -0.2) is 4.98 Å². The highest BCUT2D eigenvalue weighted by molar-refractivity contribution is 9.10. The summed E-state index contributed by atoms with van der Waals surface area (Å²) >= 11 is 3.49. The first-order valence-electron chi connectivity index (χ1n) is 8.50. The number of fused-ring (bicyclic) bond motifs is 1. The van der Waals surface area contributed by atoms with Crippen molar-refractivity contribution in [3.63, 3.8) is 0 Å². The highest BCUT2D eigenvalue weighted by Gasteiger charge is 2.09. The van der Waals surface area contributed by atoms with Gasteiger partial charge in [0.2, 0.25) is 5.95 Å². The minimum absolute atomic E-state index is 0.242. The van der Waals surface area contributed by atoms with E-state index >= 15 is 0 Å². The van der Waals surface area contributed by atoms with E-state index in [1.165, 1.54) is 0 Å². The lowest BCUT2D eigenvalue weighted by Crippen LogP contribution is -2.01. The molecule has 4 aromatic rings. The van der Waals surface area contributed by atoms with E-state index in [9.17, 15) is 0 Å². The predicted octanol–water partition coefficient (Wildman–Crippen LogP) is 5.43. The minimum atomic E-state index is 0.242.